The van der Waals surface area contributed by atoms with Crippen molar-refractivity contribution < 1.29 is 0 Å². The topological polar surface area (TPSA) is 42.7 Å². The summed E-state index contributed by atoms with van der Waals surface area (Å²) in [7, 11) is 0. The second-order valence-electron chi connectivity index (χ2n) is 6.35. The molecule has 2 rings (SSSR count). The highest BCUT2D eigenvalue weighted by Crippen LogP contribution is 2.18. The summed E-state index contributed by atoms with van der Waals surface area (Å²) in [5.74, 6) is 0. The van der Waals surface area contributed by atoms with Crippen LogP contribution in [0.15, 0.2) is 24.5 Å². The van der Waals surface area contributed by atoms with Crippen molar-refractivity contribution in [3.05, 3.63) is 41.5 Å². The van der Waals surface area contributed by atoms with E-state index in [4.69, 9.17) is 5.10 Å². The quantitative estimate of drug-likeness (QED) is 0.917. The number of rotatable bonds is 5. The Morgan fingerprint density at radius 2 is 1.95 bits per heavy atom. The fraction of sp³-hybridized carbons (Fsp3) is 0.529. The van der Waals surface area contributed by atoms with Crippen LogP contribution in [0.1, 0.15) is 51.6 Å². The van der Waals surface area contributed by atoms with E-state index in [0.717, 1.165) is 30.8 Å². The van der Waals surface area contributed by atoms with Gasteiger partial charge in [0.1, 0.15) is 0 Å². The van der Waals surface area contributed by atoms with E-state index in [9.17, 15) is 0 Å². The zero-order valence-corrected chi connectivity index (χ0v) is 13.8. The highest BCUT2D eigenvalue weighted by Gasteiger charge is 2.14. The molecular formula is C17H26N4. The molecule has 0 amide bonds. The predicted molar refractivity (Wildman–Crippen MR) is 86.7 cm³/mol. The Hall–Kier alpha value is -1.68. The molecule has 114 valence electrons. The zero-order chi connectivity index (χ0) is 15.5. The minimum atomic E-state index is 0.0827. The maximum Gasteiger partial charge on any atom is 0.0724 e. The molecule has 0 aliphatic heterocycles. The van der Waals surface area contributed by atoms with E-state index < -0.39 is 0 Å². The van der Waals surface area contributed by atoms with Crippen LogP contribution in [-0.4, -0.2) is 20.3 Å². The molecule has 0 saturated heterocycles. The number of nitrogens with zero attached hydrogens (tertiary/aromatic N) is 3. The van der Waals surface area contributed by atoms with Crippen molar-refractivity contribution in [2.24, 2.45) is 0 Å². The Morgan fingerprint density at radius 3 is 2.57 bits per heavy atom. The van der Waals surface area contributed by atoms with Gasteiger partial charge < -0.3 is 5.32 Å². The van der Waals surface area contributed by atoms with Crippen LogP contribution >= 0.6 is 0 Å². The van der Waals surface area contributed by atoms with E-state index in [-0.39, 0.29) is 5.54 Å². The molecular weight excluding hydrogens is 260 g/mol. The van der Waals surface area contributed by atoms with Gasteiger partial charge in [-0.1, -0.05) is 13.8 Å². The molecule has 0 unspecified atom stereocenters. The molecule has 0 bridgehead atoms. The van der Waals surface area contributed by atoms with Crippen molar-refractivity contribution in [1.82, 2.24) is 20.1 Å². The smallest absolute Gasteiger partial charge is 0.0724 e. The molecule has 4 nitrogen and oxygen atoms in total. The average Bonchev–Trinajstić information content (AvgIpc) is 2.88. The molecule has 2 heterocycles. The first-order valence-electron chi connectivity index (χ1n) is 7.70. The molecule has 0 spiro atoms. The van der Waals surface area contributed by atoms with Crippen molar-refractivity contribution >= 4 is 0 Å². The summed E-state index contributed by atoms with van der Waals surface area (Å²) in [6.45, 7) is 11.6. The third kappa shape index (κ3) is 3.91. The largest absolute Gasteiger partial charge is 0.308 e. The number of nitrogens with one attached hydrogen (secondary N) is 1. The number of hydrogen-bond acceptors (Lipinski definition) is 3. The second kappa shape index (κ2) is 6.39. The van der Waals surface area contributed by atoms with E-state index in [1.165, 1.54) is 11.3 Å². The van der Waals surface area contributed by atoms with Gasteiger partial charge in [-0.3, -0.25) is 4.98 Å². The number of aryl methyl sites for hydroxylation is 2. The highest BCUT2D eigenvalue weighted by molar-refractivity contribution is 5.40. The predicted octanol–water partition coefficient (Wildman–Crippen LogP) is 3.28. The summed E-state index contributed by atoms with van der Waals surface area (Å²) in [6.07, 6.45) is 5.70. The molecule has 1 N–H and O–H groups in total. The minimum absolute atomic E-state index is 0.0827. The summed E-state index contributed by atoms with van der Waals surface area (Å²) >= 11 is 0. The fourth-order valence-corrected chi connectivity index (χ4v) is 2.23. The van der Waals surface area contributed by atoms with Gasteiger partial charge in [0.15, 0.2) is 0 Å². The molecule has 0 aliphatic rings. The van der Waals surface area contributed by atoms with Crippen LogP contribution in [0, 0.1) is 0 Å². The van der Waals surface area contributed by atoms with Gasteiger partial charge in [0.2, 0.25) is 0 Å². The molecule has 0 atom stereocenters. The maximum atomic E-state index is 4.74. The first-order valence-corrected chi connectivity index (χ1v) is 7.70. The van der Waals surface area contributed by atoms with E-state index >= 15 is 0 Å². The Bertz CT molecular complexity index is 593. The minimum Gasteiger partial charge on any atom is -0.308 e. The van der Waals surface area contributed by atoms with Crippen LogP contribution < -0.4 is 5.32 Å². The van der Waals surface area contributed by atoms with Gasteiger partial charge in [-0.15, -0.1) is 0 Å². The second-order valence-corrected chi connectivity index (χ2v) is 6.35. The van der Waals surface area contributed by atoms with Crippen LogP contribution in [0.5, 0.6) is 0 Å². The van der Waals surface area contributed by atoms with Gasteiger partial charge in [0.05, 0.1) is 11.4 Å². The van der Waals surface area contributed by atoms with E-state index in [1.54, 1.807) is 0 Å². The first-order chi connectivity index (χ1) is 9.94. The molecule has 0 radical (unpaired) electrons. The van der Waals surface area contributed by atoms with Crippen molar-refractivity contribution in [2.75, 3.05) is 0 Å². The van der Waals surface area contributed by atoms with E-state index in [1.807, 2.05) is 18.5 Å². The maximum absolute atomic E-state index is 4.74. The highest BCUT2D eigenvalue weighted by atomic mass is 15.3. The molecule has 21 heavy (non-hydrogen) atoms. The van der Waals surface area contributed by atoms with Crippen LogP contribution in [-0.2, 0) is 19.4 Å². The third-order valence-electron chi connectivity index (χ3n) is 3.47. The van der Waals surface area contributed by atoms with Crippen molar-refractivity contribution in [1.29, 1.82) is 0 Å². The van der Waals surface area contributed by atoms with Crippen molar-refractivity contribution in [2.45, 2.75) is 59.5 Å². The first kappa shape index (κ1) is 15.7. The Labute approximate surface area is 127 Å². The molecule has 0 aromatic carbocycles. The summed E-state index contributed by atoms with van der Waals surface area (Å²) in [6, 6.07) is 4.24. The molecule has 0 saturated carbocycles. The van der Waals surface area contributed by atoms with Crippen molar-refractivity contribution in [3.63, 3.8) is 0 Å². The van der Waals surface area contributed by atoms with Gasteiger partial charge in [-0.05, 0) is 45.7 Å². The monoisotopic (exact) mass is 286 g/mol. The lowest BCUT2D eigenvalue weighted by molar-refractivity contribution is 0.423. The molecule has 2 aromatic rings. The van der Waals surface area contributed by atoms with E-state index in [2.05, 4.69) is 55.7 Å². The SMILES string of the molecule is CCc1cc(CC)n(-c2ccncc2CNC(C)(C)C)n1. The number of pyridine rings is 1. The van der Waals surface area contributed by atoms with Crippen LogP contribution in [0.25, 0.3) is 5.69 Å². The lowest BCUT2D eigenvalue weighted by Gasteiger charge is -2.21. The number of hydrogen-bond donors (Lipinski definition) is 1. The third-order valence-corrected chi connectivity index (χ3v) is 3.47. The molecule has 0 aliphatic carbocycles. The van der Waals surface area contributed by atoms with Gasteiger partial charge >= 0.3 is 0 Å². The average molecular weight is 286 g/mol. The molecule has 2 aromatic heterocycles. The zero-order valence-electron chi connectivity index (χ0n) is 13.8. The van der Waals surface area contributed by atoms with Gasteiger partial charge in [-0.2, -0.15) is 5.10 Å². The molecule has 0 fully saturated rings. The van der Waals surface area contributed by atoms with E-state index in [0.29, 0.717) is 0 Å². The lowest BCUT2D eigenvalue weighted by atomic mass is 10.1. The summed E-state index contributed by atoms with van der Waals surface area (Å²) in [5.41, 5.74) is 4.76. The Balaban J connectivity index is 2.37. The van der Waals surface area contributed by atoms with Crippen molar-refractivity contribution in [3.8, 4) is 5.69 Å². The fourth-order valence-electron chi connectivity index (χ4n) is 2.23. The van der Waals surface area contributed by atoms with Gasteiger partial charge in [0, 0.05) is 35.7 Å². The Kier molecular flexibility index (Phi) is 4.78. The summed E-state index contributed by atoms with van der Waals surface area (Å²) in [4.78, 5) is 4.27. The van der Waals surface area contributed by atoms with Crippen LogP contribution in [0.2, 0.25) is 0 Å². The normalized spacial score (nSPS) is 11.9. The summed E-state index contributed by atoms with van der Waals surface area (Å²) in [5, 5.41) is 8.26. The van der Waals surface area contributed by atoms with Crippen LogP contribution in [0.3, 0.4) is 0 Å². The lowest BCUT2D eigenvalue weighted by Crippen LogP contribution is -2.35. The Morgan fingerprint density at radius 1 is 1.19 bits per heavy atom. The van der Waals surface area contributed by atoms with Crippen LogP contribution in [0.4, 0.5) is 0 Å². The standard InChI is InChI=1S/C17H26N4/c1-6-14-10-15(7-2)21(20-14)16-8-9-18-11-13(16)12-19-17(3,4)5/h8-11,19H,6-7,12H2,1-5H3. The number of aromatic nitrogens is 3. The summed E-state index contributed by atoms with van der Waals surface area (Å²) < 4.78 is 2.07. The van der Waals surface area contributed by atoms with Gasteiger partial charge in [-0.25, -0.2) is 4.68 Å². The molecule has 4 heteroatoms. The van der Waals surface area contributed by atoms with Gasteiger partial charge in [0.25, 0.3) is 0 Å².